The molecule has 1 aromatic carbocycles. The molecule has 2 fully saturated rings. The first-order valence-corrected chi connectivity index (χ1v) is 9.27. The molecule has 2 amide bonds. The maximum atomic E-state index is 12.5. The molecule has 5 nitrogen and oxygen atoms in total. The number of hydrogen-bond acceptors (Lipinski definition) is 3. The first-order valence-electron chi connectivity index (χ1n) is 9.27. The molecule has 0 unspecified atom stereocenters. The van der Waals surface area contributed by atoms with Crippen molar-refractivity contribution < 1.29 is 9.59 Å². The van der Waals surface area contributed by atoms with Gasteiger partial charge >= 0.3 is 0 Å². The molecule has 2 aliphatic rings. The van der Waals surface area contributed by atoms with E-state index in [0.29, 0.717) is 17.3 Å². The van der Waals surface area contributed by atoms with Crippen molar-refractivity contribution in [2.75, 3.05) is 5.32 Å². The van der Waals surface area contributed by atoms with E-state index in [1.807, 2.05) is 0 Å². The van der Waals surface area contributed by atoms with E-state index in [0.717, 1.165) is 38.5 Å². The van der Waals surface area contributed by atoms with Crippen molar-refractivity contribution >= 4 is 17.5 Å². The largest absolute Gasteiger partial charge is 0.353 e. The van der Waals surface area contributed by atoms with Crippen LogP contribution in [0.5, 0.6) is 0 Å². The third-order valence-corrected chi connectivity index (χ3v) is 5.48. The zero-order valence-corrected chi connectivity index (χ0v) is 14.5. The number of hydrogen-bond donors (Lipinski definition) is 2. The summed E-state index contributed by atoms with van der Waals surface area (Å²) in [5, 5.41) is 15.2. The van der Waals surface area contributed by atoms with Gasteiger partial charge in [-0.2, -0.15) is 5.26 Å². The molecule has 0 radical (unpaired) electrons. The number of rotatable bonds is 4. The fraction of sp³-hybridized carbons (Fsp3) is 0.550. The highest BCUT2D eigenvalue weighted by atomic mass is 16.2. The second-order valence-corrected chi connectivity index (χ2v) is 7.19. The predicted octanol–water partition coefficient (Wildman–Crippen LogP) is 3.36. The van der Waals surface area contributed by atoms with Gasteiger partial charge in [0.25, 0.3) is 0 Å². The van der Waals surface area contributed by atoms with Gasteiger partial charge in [0, 0.05) is 17.9 Å². The molecule has 2 saturated carbocycles. The number of carbonyl (C=O) groups is 2. The summed E-state index contributed by atoms with van der Waals surface area (Å²) in [5.74, 6) is 0.0799. The minimum Gasteiger partial charge on any atom is -0.353 e. The highest BCUT2D eigenvalue weighted by Gasteiger charge is 2.31. The fourth-order valence-electron chi connectivity index (χ4n) is 3.93. The Hall–Kier alpha value is -2.35. The van der Waals surface area contributed by atoms with E-state index >= 15 is 0 Å². The quantitative estimate of drug-likeness (QED) is 0.882. The summed E-state index contributed by atoms with van der Waals surface area (Å²) in [6.45, 7) is 0. The molecular weight excluding hydrogens is 314 g/mol. The zero-order valence-electron chi connectivity index (χ0n) is 14.5. The highest BCUT2D eigenvalue weighted by molar-refractivity contribution is 5.94. The van der Waals surface area contributed by atoms with E-state index in [-0.39, 0.29) is 23.7 Å². The van der Waals surface area contributed by atoms with Gasteiger partial charge < -0.3 is 10.6 Å². The molecule has 0 atom stereocenters. The van der Waals surface area contributed by atoms with Crippen LogP contribution in [0.3, 0.4) is 0 Å². The van der Waals surface area contributed by atoms with Crippen molar-refractivity contribution in [3.8, 4) is 6.07 Å². The molecule has 132 valence electrons. The third kappa shape index (κ3) is 4.39. The number of benzene rings is 1. The molecular formula is C20H25N3O2. The molecule has 1 aromatic rings. The lowest BCUT2D eigenvalue weighted by molar-refractivity contribution is -0.129. The highest BCUT2D eigenvalue weighted by Crippen LogP contribution is 2.31. The topological polar surface area (TPSA) is 82.0 Å². The molecule has 2 N–H and O–H groups in total. The van der Waals surface area contributed by atoms with Gasteiger partial charge in [0.05, 0.1) is 11.3 Å². The van der Waals surface area contributed by atoms with Gasteiger partial charge in [0.1, 0.15) is 6.07 Å². The Labute approximate surface area is 148 Å². The minimum absolute atomic E-state index is 0.0380. The number of amides is 2. The van der Waals surface area contributed by atoms with Gasteiger partial charge in [-0.15, -0.1) is 0 Å². The lowest BCUT2D eigenvalue weighted by Gasteiger charge is -2.28. The molecule has 3 rings (SSSR count). The number of anilines is 1. The van der Waals surface area contributed by atoms with E-state index in [1.54, 1.807) is 24.3 Å². The first-order chi connectivity index (χ1) is 12.2. The zero-order chi connectivity index (χ0) is 17.6. The van der Waals surface area contributed by atoms with Crippen LogP contribution in [0.2, 0.25) is 0 Å². The van der Waals surface area contributed by atoms with Crippen molar-refractivity contribution in [1.82, 2.24) is 5.32 Å². The Morgan fingerprint density at radius 2 is 1.52 bits per heavy atom. The summed E-state index contributed by atoms with van der Waals surface area (Å²) < 4.78 is 0. The molecule has 5 heteroatoms. The second-order valence-electron chi connectivity index (χ2n) is 7.19. The minimum atomic E-state index is -0.0812. The SMILES string of the molecule is N#Cc1ccccc1NC(=O)C1CCC(C(=O)NC2CCCC2)CC1. The van der Waals surface area contributed by atoms with E-state index in [4.69, 9.17) is 5.26 Å². The molecule has 0 spiro atoms. The van der Waals surface area contributed by atoms with Crippen LogP contribution in [-0.2, 0) is 9.59 Å². The summed E-state index contributed by atoms with van der Waals surface area (Å²) in [4.78, 5) is 24.8. The van der Waals surface area contributed by atoms with E-state index < -0.39 is 0 Å². The number of carbonyl (C=O) groups excluding carboxylic acids is 2. The van der Waals surface area contributed by atoms with Gasteiger partial charge in [-0.25, -0.2) is 0 Å². The van der Waals surface area contributed by atoms with E-state index in [9.17, 15) is 9.59 Å². The van der Waals surface area contributed by atoms with Crippen LogP contribution in [0.25, 0.3) is 0 Å². The van der Waals surface area contributed by atoms with Crippen molar-refractivity contribution in [3.63, 3.8) is 0 Å². The summed E-state index contributed by atoms with van der Waals surface area (Å²) in [7, 11) is 0. The Balaban J connectivity index is 1.49. The van der Waals surface area contributed by atoms with Crippen LogP contribution in [0.15, 0.2) is 24.3 Å². The number of nitriles is 1. The summed E-state index contributed by atoms with van der Waals surface area (Å²) in [6, 6.07) is 9.48. The van der Waals surface area contributed by atoms with E-state index in [2.05, 4.69) is 16.7 Å². The first kappa shape index (κ1) is 17.5. The van der Waals surface area contributed by atoms with Crippen molar-refractivity contribution in [2.24, 2.45) is 11.8 Å². The number of para-hydroxylation sites is 1. The monoisotopic (exact) mass is 339 g/mol. The molecule has 0 aromatic heterocycles. The Morgan fingerprint density at radius 3 is 2.16 bits per heavy atom. The van der Waals surface area contributed by atoms with Crippen molar-refractivity contribution in [1.29, 1.82) is 5.26 Å². The van der Waals surface area contributed by atoms with Crippen LogP contribution in [0.1, 0.15) is 56.9 Å². The molecule has 0 bridgehead atoms. The van der Waals surface area contributed by atoms with Gasteiger partial charge in [-0.1, -0.05) is 25.0 Å². The normalized spacial score (nSPS) is 23.6. The average molecular weight is 339 g/mol. The lowest BCUT2D eigenvalue weighted by Crippen LogP contribution is -2.39. The molecule has 0 saturated heterocycles. The summed E-state index contributed by atoms with van der Waals surface area (Å²) in [6.07, 6.45) is 7.59. The second kappa shape index (κ2) is 8.15. The Morgan fingerprint density at radius 1 is 0.920 bits per heavy atom. The maximum absolute atomic E-state index is 12.5. The smallest absolute Gasteiger partial charge is 0.227 e. The van der Waals surface area contributed by atoms with Gasteiger partial charge in [-0.05, 0) is 50.7 Å². The Kier molecular flexibility index (Phi) is 5.70. The van der Waals surface area contributed by atoms with E-state index in [1.165, 1.54) is 12.8 Å². The Bertz CT molecular complexity index is 666. The van der Waals surface area contributed by atoms with Crippen LogP contribution >= 0.6 is 0 Å². The van der Waals surface area contributed by atoms with Gasteiger partial charge in [0.2, 0.25) is 11.8 Å². The van der Waals surface area contributed by atoms with Crippen molar-refractivity contribution in [3.05, 3.63) is 29.8 Å². The average Bonchev–Trinajstić information content (AvgIpc) is 3.15. The van der Waals surface area contributed by atoms with Crippen LogP contribution in [-0.4, -0.2) is 17.9 Å². The standard InChI is InChI=1S/C20H25N3O2/c21-13-16-5-1-4-8-18(16)23-20(25)15-11-9-14(10-12-15)19(24)22-17-6-2-3-7-17/h1,4-5,8,14-15,17H,2-3,6-7,9-12H2,(H,22,24)(H,23,25). The fourth-order valence-corrected chi connectivity index (χ4v) is 3.93. The number of nitrogens with one attached hydrogen (secondary N) is 2. The molecule has 0 aliphatic heterocycles. The predicted molar refractivity (Wildman–Crippen MR) is 95.6 cm³/mol. The van der Waals surface area contributed by atoms with Gasteiger partial charge in [-0.3, -0.25) is 9.59 Å². The molecule has 0 heterocycles. The van der Waals surface area contributed by atoms with Crippen LogP contribution in [0.4, 0.5) is 5.69 Å². The molecule has 2 aliphatic carbocycles. The maximum Gasteiger partial charge on any atom is 0.227 e. The summed E-state index contributed by atoms with van der Waals surface area (Å²) >= 11 is 0. The van der Waals surface area contributed by atoms with Crippen molar-refractivity contribution in [2.45, 2.75) is 57.4 Å². The summed E-state index contributed by atoms with van der Waals surface area (Å²) in [5.41, 5.74) is 1.04. The number of nitrogens with zero attached hydrogens (tertiary/aromatic N) is 1. The third-order valence-electron chi connectivity index (χ3n) is 5.48. The van der Waals surface area contributed by atoms with Crippen LogP contribution < -0.4 is 10.6 Å². The van der Waals surface area contributed by atoms with Gasteiger partial charge in [0.15, 0.2) is 0 Å². The lowest BCUT2D eigenvalue weighted by atomic mass is 9.81. The molecule has 25 heavy (non-hydrogen) atoms. The van der Waals surface area contributed by atoms with Crippen LogP contribution in [0, 0.1) is 23.2 Å².